The first-order valence-electron chi connectivity index (χ1n) is 8.33. The lowest BCUT2D eigenvalue weighted by Gasteiger charge is -2.11. The summed E-state index contributed by atoms with van der Waals surface area (Å²) in [5, 5.41) is 6.97. The van der Waals surface area contributed by atoms with Gasteiger partial charge in [-0.15, -0.1) is 11.3 Å². The van der Waals surface area contributed by atoms with Crippen LogP contribution in [-0.2, 0) is 6.61 Å². The van der Waals surface area contributed by atoms with Gasteiger partial charge in [-0.25, -0.2) is 4.98 Å². The number of aromatic nitrogens is 1. The zero-order valence-corrected chi connectivity index (χ0v) is 16.2. The van der Waals surface area contributed by atoms with Crippen molar-refractivity contribution in [3.63, 3.8) is 0 Å². The van der Waals surface area contributed by atoms with E-state index in [1.807, 2.05) is 54.8 Å². The van der Waals surface area contributed by atoms with Crippen LogP contribution in [0.3, 0.4) is 0 Å². The van der Waals surface area contributed by atoms with Crippen LogP contribution in [0.4, 0.5) is 5.13 Å². The van der Waals surface area contributed by atoms with Gasteiger partial charge in [0.15, 0.2) is 0 Å². The van der Waals surface area contributed by atoms with Crippen LogP contribution in [0.5, 0.6) is 17.2 Å². The van der Waals surface area contributed by atoms with E-state index in [-0.39, 0.29) is 0 Å². The molecule has 140 valence electrons. The molecule has 3 rings (SSSR count). The number of nitrogens with one attached hydrogen (secondary N) is 1. The molecule has 0 unspecified atom stereocenters. The second kappa shape index (κ2) is 9.05. The molecule has 0 radical (unpaired) electrons. The van der Waals surface area contributed by atoms with Crippen molar-refractivity contribution in [3.05, 3.63) is 64.7 Å². The topological polar surface area (TPSA) is 65.0 Å². The number of methoxy groups -OCH3 is 2. The maximum absolute atomic E-state index is 5.88. The Morgan fingerprint density at radius 3 is 2.70 bits per heavy atom. The van der Waals surface area contributed by atoms with Crippen LogP contribution in [0.25, 0.3) is 0 Å². The standard InChI is InChI=1S/C20H21N3O3S/c1-14-13-27-20(22-14)23-21-11-15-7-8-19(25-3)16(9-15)12-26-18-6-4-5-17(10-18)24-2/h4-11,13H,12H2,1-3H3,(H,22,23). The highest BCUT2D eigenvalue weighted by atomic mass is 32.1. The Hall–Kier alpha value is -3.06. The molecule has 2 aromatic carbocycles. The zero-order valence-electron chi connectivity index (χ0n) is 15.4. The van der Waals surface area contributed by atoms with E-state index in [2.05, 4.69) is 15.5 Å². The molecule has 0 aliphatic carbocycles. The van der Waals surface area contributed by atoms with Gasteiger partial charge in [0.05, 0.1) is 26.1 Å². The lowest BCUT2D eigenvalue weighted by Crippen LogP contribution is -2.00. The minimum atomic E-state index is 0.372. The molecular formula is C20H21N3O3S. The molecule has 0 saturated heterocycles. The van der Waals surface area contributed by atoms with E-state index in [1.54, 1.807) is 20.4 Å². The number of aryl methyl sites for hydroxylation is 1. The second-order valence-corrected chi connectivity index (χ2v) is 6.56. The Morgan fingerprint density at radius 1 is 1.11 bits per heavy atom. The van der Waals surface area contributed by atoms with Crippen LogP contribution >= 0.6 is 11.3 Å². The normalized spacial score (nSPS) is 10.8. The predicted molar refractivity (Wildman–Crippen MR) is 108 cm³/mol. The minimum Gasteiger partial charge on any atom is -0.497 e. The minimum absolute atomic E-state index is 0.372. The molecule has 7 heteroatoms. The largest absolute Gasteiger partial charge is 0.497 e. The van der Waals surface area contributed by atoms with Crippen molar-refractivity contribution < 1.29 is 14.2 Å². The van der Waals surface area contributed by atoms with Crippen molar-refractivity contribution in [2.24, 2.45) is 5.10 Å². The Morgan fingerprint density at radius 2 is 1.96 bits per heavy atom. The quantitative estimate of drug-likeness (QED) is 0.458. The third kappa shape index (κ3) is 5.21. The van der Waals surface area contributed by atoms with E-state index in [9.17, 15) is 0 Å². The lowest BCUT2D eigenvalue weighted by atomic mass is 10.1. The van der Waals surface area contributed by atoms with E-state index in [0.717, 1.165) is 39.2 Å². The highest BCUT2D eigenvalue weighted by Gasteiger charge is 2.06. The summed E-state index contributed by atoms with van der Waals surface area (Å²) in [7, 11) is 3.27. The Kier molecular flexibility index (Phi) is 6.27. The fourth-order valence-electron chi connectivity index (χ4n) is 2.41. The summed E-state index contributed by atoms with van der Waals surface area (Å²) in [4.78, 5) is 4.31. The molecule has 0 aliphatic rings. The summed E-state index contributed by atoms with van der Waals surface area (Å²) in [5.41, 5.74) is 5.76. The highest BCUT2D eigenvalue weighted by molar-refractivity contribution is 7.13. The van der Waals surface area contributed by atoms with Gasteiger partial charge >= 0.3 is 0 Å². The van der Waals surface area contributed by atoms with Crippen LogP contribution in [-0.4, -0.2) is 25.4 Å². The van der Waals surface area contributed by atoms with Crippen molar-refractivity contribution in [2.75, 3.05) is 19.6 Å². The summed E-state index contributed by atoms with van der Waals surface area (Å²) in [6.45, 7) is 2.32. The van der Waals surface area contributed by atoms with Crippen molar-refractivity contribution in [3.8, 4) is 17.2 Å². The molecule has 3 aromatic rings. The molecule has 0 fully saturated rings. The highest BCUT2D eigenvalue weighted by Crippen LogP contribution is 2.24. The number of benzene rings is 2. The number of ether oxygens (including phenoxy) is 3. The average Bonchev–Trinajstić information content (AvgIpc) is 3.11. The summed E-state index contributed by atoms with van der Waals surface area (Å²) in [6, 6.07) is 13.3. The van der Waals surface area contributed by atoms with Gasteiger partial charge in [-0.05, 0) is 42.8 Å². The first-order chi connectivity index (χ1) is 13.2. The third-order valence-electron chi connectivity index (χ3n) is 3.73. The Labute approximate surface area is 162 Å². The first kappa shape index (κ1) is 18.7. The zero-order chi connectivity index (χ0) is 19.1. The molecule has 1 aromatic heterocycles. The van der Waals surface area contributed by atoms with Gasteiger partial charge in [-0.2, -0.15) is 5.10 Å². The van der Waals surface area contributed by atoms with E-state index in [0.29, 0.717) is 6.61 Å². The summed E-state index contributed by atoms with van der Waals surface area (Å²) < 4.78 is 16.5. The number of thiazole rings is 1. The number of nitrogens with zero attached hydrogens (tertiary/aromatic N) is 2. The SMILES string of the molecule is COc1cccc(OCc2cc(C=NNc3nc(C)cs3)ccc2OC)c1. The number of hydrazone groups is 1. The molecule has 1 N–H and O–H groups in total. The summed E-state index contributed by atoms with van der Waals surface area (Å²) in [6.07, 6.45) is 1.74. The molecular weight excluding hydrogens is 362 g/mol. The lowest BCUT2D eigenvalue weighted by molar-refractivity contribution is 0.294. The maximum atomic E-state index is 5.88. The van der Waals surface area contributed by atoms with Crippen molar-refractivity contribution in [1.82, 2.24) is 4.98 Å². The monoisotopic (exact) mass is 383 g/mol. The van der Waals surface area contributed by atoms with Crippen LogP contribution in [0.2, 0.25) is 0 Å². The molecule has 0 saturated carbocycles. The fourth-order valence-corrected chi connectivity index (χ4v) is 3.05. The van der Waals surface area contributed by atoms with Crippen molar-refractivity contribution in [2.45, 2.75) is 13.5 Å². The van der Waals surface area contributed by atoms with Crippen LogP contribution < -0.4 is 19.6 Å². The van der Waals surface area contributed by atoms with E-state index < -0.39 is 0 Å². The van der Waals surface area contributed by atoms with Crippen molar-refractivity contribution in [1.29, 1.82) is 0 Å². The van der Waals surface area contributed by atoms with Gasteiger partial charge in [-0.1, -0.05) is 6.07 Å². The number of anilines is 1. The maximum Gasteiger partial charge on any atom is 0.203 e. The van der Waals surface area contributed by atoms with Gasteiger partial charge in [0.1, 0.15) is 23.9 Å². The molecule has 6 nitrogen and oxygen atoms in total. The van der Waals surface area contributed by atoms with E-state index >= 15 is 0 Å². The molecule has 0 atom stereocenters. The molecule has 1 heterocycles. The fraction of sp³-hybridized carbons (Fsp3) is 0.200. The first-order valence-corrected chi connectivity index (χ1v) is 9.21. The predicted octanol–water partition coefficient (Wildman–Crippen LogP) is 4.49. The average molecular weight is 383 g/mol. The molecule has 27 heavy (non-hydrogen) atoms. The van der Waals surface area contributed by atoms with E-state index in [1.165, 1.54) is 11.3 Å². The number of hydrogen-bond acceptors (Lipinski definition) is 7. The van der Waals surface area contributed by atoms with Gasteiger partial charge in [0.25, 0.3) is 0 Å². The van der Waals surface area contributed by atoms with Gasteiger partial charge in [-0.3, -0.25) is 5.43 Å². The Bertz CT molecular complexity index is 924. The summed E-state index contributed by atoms with van der Waals surface area (Å²) in [5.74, 6) is 2.25. The molecule has 0 spiro atoms. The molecule has 0 aliphatic heterocycles. The Balaban J connectivity index is 1.68. The van der Waals surface area contributed by atoms with Gasteiger partial charge in [0.2, 0.25) is 5.13 Å². The van der Waals surface area contributed by atoms with Gasteiger partial charge < -0.3 is 14.2 Å². The van der Waals surface area contributed by atoms with Gasteiger partial charge in [0, 0.05) is 17.0 Å². The van der Waals surface area contributed by atoms with Crippen LogP contribution in [0.1, 0.15) is 16.8 Å². The smallest absolute Gasteiger partial charge is 0.203 e. The second-order valence-electron chi connectivity index (χ2n) is 5.70. The van der Waals surface area contributed by atoms with Crippen LogP contribution in [0, 0.1) is 6.92 Å². The van der Waals surface area contributed by atoms with E-state index in [4.69, 9.17) is 14.2 Å². The third-order valence-corrected chi connectivity index (χ3v) is 4.60. The number of rotatable bonds is 8. The molecule has 0 bridgehead atoms. The number of hydrogen-bond donors (Lipinski definition) is 1. The van der Waals surface area contributed by atoms with Crippen LogP contribution in [0.15, 0.2) is 52.9 Å². The molecule has 0 amide bonds. The summed E-state index contributed by atoms with van der Waals surface area (Å²) >= 11 is 1.52. The van der Waals surface area contributed by atoms with Crippen molar-refractivity contribution >= 4 is 22.7 Å².